The van der Waals surface area contributed by atoms with Crippen molar-refractivity contribution in [1.29, 1.82) is 0 Å². The van der Waals surface area contributed by atoms with Gasteiger partial charge in [0.25, 0.3) is 0 Å². The Kier molecular flexibility index (Phi) is 2.78. The summed E-state index contributed by atoms with van der Waals surface area (Å²) in [4.78, 5) is 11.4. The van der Waals surface area contributed by atoms with Crippen LogP contribution in [0.25, 0.3) is 12.2 Å². The third kappa shape index (κ3) is 1.87. The standard InChI is InChI=1S/C19H18OSi/c1-21(20,18-12-10-14-6-2-4-8-16(14)18)19-13-11-15-7-3-5-9-17(15)19/h2-13,18-20H,1H3. The van der Waals surface area contributed by atoms with E-state index in [1.807, 2.05) is 0 Å². The van der Waals surface area contributed by atoms with Crippen LogP contribution in [0.2, 0.25) is 6.55 Å². The summed E-state index contributed by atoms with van der Waals surface area (Å²) in [5, 5.41) is 0. The maximum atomic E-state index is 11.4. The van der Waals surface area contributed by atoms with Crippen LogP contribution in [-0.4, -0.2) is 13.1 Å². The van der Waals surface area contributed by atoms with Gasteiger partial charge in [-0.05, 0) is 28.8 Å². The highest BCUT2D eigenvalue weighted by Gasteiger charge is 2.45. The monoisotopic (exact) mass is 290 g/mol. The Hall–Kier alpha value is -1.90. The zero-order valence-corrected chi connectivity index (χ0v) is 13.0. The molecule has 1 nitrogen and oxygen atoms in total. The fourth-order valence-electron chi connectivity index (χ4n) is 3.71. The Bertz CT molecular complexity index is 694. The lowest BCUT2D eigenvalue weighted by atomic mass is 10.1. The second kappa shape index (κ2) is 4.55. The number of rotatable bonds is 2. The molecule has 0 saturated heterocycles. The Labute approximate surface area is 126 Å². The van der Waals surface area contributed by atoms with Gasteiger partial charge in [0.1, 0.15) is 0 Å². The summed E-state index contributed by atoms with van der Waals surface area (Å²) >= 11 is 0. The predicted octanol–water partition coefficient (Wildman–Crippen LogP) is 4.25. The van der Waals surface area contributed by atoms with Crippen LogP contribution < -0.4 is 0 Å². The van der Waals surface area contributed by atoms with Gasteiger partial charge in [-0.15, -0.1) is 0 Å². The molecule has 0 bridgehead atoms. The van der Waals surface area contributed by atoms with Gasteiger partial charge in [0.2, 0.25) is 8.32 Å². The van der Waals surface area contributed by atoms with Crippen LogP contribution in [0.5, 0.6) is 0 Å². The SMILES string of the molecule is C[Si](O)(C1C=Cc2ccccc21)C1C=Cc2ccccc21. The first kappa shape index (κ1) is 12.8. The highest BCUT2D eigenvalue weighted by atomic mass is 28.4. The highest BCUT2D eigenvalue weighted by Crippen LogP contribution is 2.45. The Balaban J connectivity index is 1.76. The zero-order valence-electron chi connectivity index (χ0n) is 12.0. The van der Waals surface area contributed by atoms with Crippen LogP contribution in [0, 0.1) is 0 Å². The highest BCUT2D eigenvalue weighted by molar-refractivity contribution is 6.75. The second-order valence-electron chi connectivity index (χ2n) is 6.16. The van der Waals surface area contributed by atoms with Gasteiger partial charge in [-0.3, -0.25) is 0 Å². The molecule has 0 saturated carbocycles. The van der Waals surface area contributed by atoms with Gasteiger partial charge in [-0.2, -0.15) is 0 Å². The average Bonchev–Trinajstić information content (AvgIpc) is 3.12. The van der Waals surface area contributed by atoms with Crippen molar-refractivity contribution in [3.8, 4) is 0 Å². The fraction of sp³-hybridized carbons (Fsp3) is 0.158. The summed E-state index contributed by atoms with van der Waals surface area (Å²) in [6.45, 7) is 2.10. The average molecular weight is 290 g/mol. The van der Waals surface area contributed by atoms with E-state index < -0.39 is 8.32 Å². The quantitative estimate of drug-likeness (QED) is 0.820. The lowest BCUT2D eigenvalue weighted by molar-refractivity contribution is 0.518. The van der Waals surface area contributed by atoms with Crippen molar-refractivity contribution < 1.29 is 4.80 Å². The minimum absolute atomic E-state index is 0.175. The van der Waals surface area contributed by atoms with Crippen molar-refractivity contribution in [1.82, 2.24) is 0 Å². The van der Waals surface area contributed by atoms with Gasteiger partial charge in [0.15, 0.2) is 0 Å². The Morgan fingerprint density at radius 2 is 1.19 bits per heavy atom. The number of fused-ring (bicyclic) bond motifs is 2. The summed E-state index contributed by atoms with van der Waals surface area (Å²) in [6, 6.07) is 16.9. The molecule has 2 aromatic carbocycles. The fourth-order valence-corrected chi connectivity index (χ4v) is 6.86. The Morgan fingerprint density at radius 3 is 1.67 bits per heavy atom. The summed E-state index contributed by atoms with van der Waals surface area (Å²) in [7, 11) is -2.51. The smallest absolute Gasteiger partial charge is 0.207 e. The van der Waals surface area contributed by atoms with Gasteiger partial charge in [-0.1, -0.05) is 72.8 Å². The third-order valence-electron chi connectivity index (χ3n) is 4.86. The van der Waals surface area contributed by atoms with Crippen molar-refractivity contribution in [3.63, 3.8) is 0 Å². The lowest BCUT2D eigenvalue weighted by Gasteiger charge is -2.33. The molecule has 0 spiro atoms. The van der Waals surface area contributed by atoms with Crippen LogP contribution in [0.1, 0.15) is 33.3 Å². The molecule has 2 heteroatoms. The molecule has 104 valence electrons. The van der Waals surface area contributed by atoms with Gasteiger partial charge < -0.3 is 4.80 Å². The van der Waals surface area contributed by atoms with E-state index >= 15 is 0 Å². The molecular formula is C19H18OSi. The molecule has 0 radical (unpaired) electrons. The molecule has 1 N–H and O–H groups in total. The summed E-state index contributed by atoms with van der Waals surface area (Å²) in [5.74, 6) is 0. The summed E-state index contributed by atoms with van der Waals surface area (Å²) in [5.41, 5.74) is 5.43. The van der Waals surface area contributed by atoms with E-state index in [0.29, 0.717) is 0 Å². The lowest BCUT2D eigenvalue weighted by Crippen LogP contribution is -2.43. The van der Waals surface area contributed by atoms with Crippen molar-refractivity contribution in [3.05, 3.63) is 82.9 Å². The number of hydrogen-bond acceptors (Lipinski definition) is 1. The van der Waals surface area contributed by atoms with Crippen LogP contribution in [0.3, 0.4) is 0 Å². The third-order valence-corrected chi connectivity index (χ3v) is 8.38. The molecular weight excluding hydrogens is 272 g/mol. The van der Waals surface area contributed by atoms with Crippen LogP contribution in [0.4, 0.5) is 0 Å². The maximum Gasteiger partial charge on any atom is 0.207 e. The molecule has 21 heavy (non-hydrogen) atoms. The second-order valence-corrected chi connectivity index (χ2v) is 9.85. The zero-order chi connectivity index (χ0) is 14.4. The molecule has 2 aliphatic carbocycles. The van der Waals surface area contributed by atoms with Crippen molar-refractivity contribution in [2.45, 2.75) is 17.6 Å². The summed E-state index contributed by atoms with van der Waals surface area (Å²) < 4.78 is 0. The molecule has 0 heterocycles. The molecule has 2 atom stereocenters. The van der Waals surface area contributed by atoms with E-state index in [0.717, 1.165) is 0 Å². The normalized spacial score (nSPS) is 24.7. The topological polar surface area (TPSA) is 20.2 Å². The van der Waals surface area contributed by atoms with Gasteiger partial charge >= 0.3 is 0 Å². The minimum atomic E-state index is -2.51. The molecule has 2 aromatic rings. The largest absolute Gasteiger partial charge is 0.430 e. The first-order valence-corrected chi connectivity index (χ1v) is 10.0. The number of allylic oxidation sites excluding steroid dienone is 2. The van der Waals surface area contributed by atoms with E-state index in [1.54, 1.807) is 0 Å². The van der Waals surface area contributed by atoms with Gasteiger partial charge in [-0.25, -0.2) is 0 Å². The van der Waals surface area contributed by atoms with Gasteiger partial charge in [0.05, 0.1) is 0 Å². The van der Waals surface area contributed by atoms with E-state index in [9.17, 15) is 4.80 Å². The minimum Gasteiger partial charge on any atom is -0.430 e. The Morgan fingerprint density at radius 1 is 0.762 bits per heavy atom. The van der Waals surface area contributed by atoms with Crippen molar-refractivity contribution >= 4 is 20.5 Å². The van der Waals surface area contributed by atoms with Crippen LogP contribution >= 0.6 is 0 Å². The van der Waals surface area contributed by atoms with E-state index in [2.05, 4.69) is 79.4 Å². The first-order chi connectivity index (χ1) is 10.2. The van der Waals surface area contributed by atoms with Crippen molar-refractivity contribution in [2.75, 3.05) is 0 Å². The number of hydrogen-bond donors (Lipinski definition) is 1. The molecule has 2 aliphatic rings. The molecule has 0 fully saturated rings. The van der Waals surface area contributed by atoms with Crippen molar-refractivity contribution in [2.24, 2.45) is 0 Å². The van der Waals surface area contributed by atoms with Crippen LogP contribution in [-0.2, 0) is 0 Å². The first-order valence-electron chi connectivity index (χ1n) is 7.44. The molecule has 0 aliphatic heterocycles. The number of benzene rings is 2. The summed E-state index contributed by atoms with van der Waals surface area (Å²) in [6.07, 6.45) is 8.72. The molecule has 0 aromatic heterocycles. The molecule has 0 amide bonds. The van der Waals surface area contributed by atoms with E-state index in [1.165, 1.54) is 22.3 Å². The molecule has 4 rings (SSSR count). The predicted molar refractivity (Wildman–Crippen MR) is 90.3 cm³/mol. The van der Waals surface area contributed by atoms with E-state index in [4.69, 9.17) is 0 Å². The van der Waals surface area contributed by atoms with Crippen LogP contribution in [0.15, 0.2) is 60.7 Å². The van der Waals surface area contributed by atoms with E-state index in [-0.39, 0.29) is 11.1 Å². The van der Waals surface area contributed by atoms with Gasteiger partial charge in [0, 0.05) is 11.1 Å². The molecule has 2 unspecified atom stereocenters. The maximum absolute atomic E-state index is 11.4.